The molecule has 6 N–H and O–H groups in total. The quantitative estimate of drug-likeness (QED) is 0.409. The molecule has 1 aromatic rings. The van der Waals surface area contributed by atoms with Gasteiger partial charge in [0.25, 0.3) is 0 Å². The molecule has 0 amide bonds. The molecule has 0 aliphatic rings. The lowest BCUT2D eigenvalue weighted by atomic mass is 10.3. The molecule has 0 spiro atoms. The van der Waals surface area contributed by atoms with Gasteiger partial charge in [-0.2, -0.15) is 15.0 Å². The minimum atomic E-state index is -6.00. The Morgan fingerprint density at radius 1 is 0.714 bits per heavy atom. The molecule has 0 radical (unpaired) electrons. The van der Waals surface area contributed by atoms with Gasteiger partial charge in [-0.05, 0) is 0 Å². The Bertz CT molecular complexity index is 245. The predicted molar refractivity (Wildman–Crippen MR) is 43.3 cm³/mol. The van der Waals surface area contributed by atoms with Crippen LogP contribution >= 0.6 is 0 Å². The van der Waals surface area contributed by atoms with Gasteiger partial charge >= 0.3 is 7.25 Å². The lowest BCUT2D eigenvalue weighted by Crippen LogP contribution is -2.05. The fraction of sp³-hybridized carbons (Fsp3) is 0. The summed E-state index contributed by atoms with van der Waals surface area (Å²) in [6.45, 7) is 0. The molecule has 1 rings (SSSR count). The SMILES string of the molecule is F[B-](F)(F)F.Nc1nc(N)nc(N)n1. The Labute approximate surface area is 75.6 Å². The van der Waals surface area contributed by atoms with Crippen LogP contribution in [0.15, 0.2) is 0 Å². The van der Waals surface area contributed by atoms with Crippen LogP contribution in [0.3, 0.4) is 0 Å². The first-order chi connectivity index (χ1) is 6.18. The third-order valence-corrected chi connectivity index (χ3v) is 0.687. The molecule has 0 unspecified atom stereocenters. The average Bonchev–Trinajstić information content (AvgIpc) is 1.77. The summed E-state index contributed by atoms with van der Waals surface area (Å²) in [6.07, 6.45) is 0. The molecule has 14 heavy (non-hydrogen) atoms. The molecule has 0 aliphatic carbocycles. The molecule has 80 valence electrons. The average molecular weight is 213 g/mol. The molecule has 0 aliphatic heterocycles. The van der Waals surface area contributed by atoms with Crippen LogP contribution in [0.2, 0.25) is 0 Å². The van der Waals surface area contributed by atoms with Crippen molar-refractivity contribution in [1.29, 1.82) is 0 Å². The minimum Gasteiger partial charge on any atom is -0.418 e. The van der Waals surface area contributed by atoms with Gasteiger partial charge in [-0.25, -0.2) is 0 Å². The molecule has 0 atom stereocenters. The molecule has 0 fully saturated rings. The standard InChI is InChI=1S/C3H6N6.BF4/c4-1-7-2(5)9-3(6)8-1;2-1(3,4)5/h(H6,4,5,6,7,8,9);/q;-1. The summed E-state index contributed by atoms with van der Waals surface area (Å²) in [6, 6.07) is 0. The van der Waals surface area contributed by atoms with Crippen LogP contribution in [-0.2, 0) is 0 Å². The highest BCUT2D eigenvalue weighted by atomic mass is 19.5. The third-order valence-electron chi connectivity index (χ3n) is 0.687. The molecule has 6 nitrogen and oxygen atoms in total. The van der Waals surface area contributed by atoms with Crippen LogP contribution in [0.1, 0.15) is 0 Å². The van der Waals surface area contributed by atoms with E-state index in [1.807, 2.05) is 0 Å². The molecule has 0 saturated carbocycles. The van der Waals surface area contributed by atoms with E-state index in [-0.39, 0.29) is 17.8 Å². The molecular formula is C3H6BF4N6-. The second-order valence-electron chi connectivity index (χ2n) is 1.90. The summed E-state index contributed by atoms with van der Waals surface area (Å²) in [5, 5.41) is 0. The summed E-state index contributed by atoms with van der Waals surface area (Å²) >= 11 is 0. The van der Waals surface area contributed by atoms with Gasteiger partial charge in [0, 0.05) is 0 Å². The van der Waals surface area contributed by atoms with E-state index in [0.717, 1.165) is 0 Å². The van der Waals surface area contributed by atoms with Crippen LogP contribution in [0.4, 0.5) is 35.1 Å². The topological polar surface area (TPSA) is 117 Å². The minimum absolute atomic E-state index is 0.0417. The first kappa shape index (κ1) is 12.2. The van der Waals surface area contributed by atoms with Crippen molar-refractivity contribution in [2.24, 2.45) is 0 Å². The fourth-order valence-electron chi connectivity index (χ4n) is 0.427. The number of nitrogens with two attached hydrogens (primary N) is 3. The van der Waals surface area contributed by atoms with Gasteiger partial charge in [0.05, 0.1) is 0 Å². The normalized spacial score (nSPS) is 10.3. The first-order valence-corrected chi connectivity index (χ1v) is 3.08. The Balaban J connectivity index is 0.000000292. The number of aromatic nitrogens is 3. The zero-order chi connectivity index (χ0) is 11.4. The number of nitrogens with zero attached hydrogens (tertiary/aromatic N) is 3. The largest absolute Gasteiger partial charge is 0.673 e. The summed E-state index contributed by atoms with van der Waals surface area (Å²) in [4.78, 5) is 10.5. The van der Waals surface area contributed by atoms with Crippen molar-refractivity contribution < 1.29 is 17.3 Å². The third kappa shape index (κ3) is 8.29. The van der Waals surface area contributed by atoms with Crippen molar-refractivity contribution >= 4 is 25.1 Å². The Hall–Kier alpha value is -1.81. The van der Waals surface area contributed by atoms with E-state index in [1.54, 1.807) is 0 Å². The van der Waals surface area contributed by atoms with Crippen LogP contribution in [0.5, 0.6) is 0 Å². The smallest absolute Gasteiger partial charge is 0.418 e. The molecular weight excluding hydrogens is 207 g/mol. The second-order valence-corrected chi connectivity index (χ2v) is 1.90. The van der Waals surface area contributed by atoms with Crippen LogP contribution in [0, 0.1) is 0 Å². The maximum Gasteiger partial charge on any atom is 0.673 e. The van der Waals surface area contributed by atoms with Crippen molar-refractivity contribution in [3.63, 3.8) is 0 Å². The van der Waals surface area contributed by atoms with Gasteiger partial charge in [-0.3, -0.25) is 0 Å². The van der Waals surface area contributed by atoms with Gasteiger partial charge < -0.3 is 34.5 Å². The summed E-state index contributed by atoms with van der Waals surface area (Å²) in [5.74, 6) is 0.125. The zero-order valence-corrected chi connectivity index (χ0v) is 6.66. The van der Waals surface area contributed by atoms with Gasteiger partial charge in [0.2, 0.25) is 17.8 Å². The summed E-state index contributed by atoms with van der Waals surface area (Å²) in [5.41, 5.74) is 15.4. The van der Waals surface area contributed by atoms with Gasteiger partial charge in [0.1, 0.15) is 0 Å². The fourth-order valence-corrected chi connectivity index (χ4v) is 0.427. The molecule has 11 heteroatoms. The van der Waals surface area contributed by atoms with E-state index in [1.165, 1.54) is 0 Å². The maximum absolute atomic E-state index is 9.75. The number of rotatable bonds is 0. The summed E-state index contributed by atoms with van der Waals surface area (Å²) < 4.78 is 39.0. The van der Waals surface area contributed by atoms with E-state index >= 15 is 0 Å². The van der Waals surface area contributed by atoms with Gasteiger partial charge in [-0.15, -0.1) is 0 Å². The Kier molecular flexibility index (Phi) is 3.86. The summed E-state index contributed by atoms with van der Waals surface area (Å²) in [7, 11) is -6.00. The highest BCUT2D eigenvalue weighted by molar-refractivity contribution is 6.50. The number of halogens is 4. The van der Waals surface area contributed by atoms with Crippen LogP contribution in [-0.4, -0.2) is 22.2 Å². The number of nitrogen functional groups attached to an aromatic ring is 3. The van der Waals surface area contributed by atoms with Crippen molar-refractivity contribution in [2.75, 3.05) is 17.2 Å². The van der Waals surface area contributed by atoms with Crippen LogP contribution in [0.25, 0.3) is 0 Å². The van der Waals surface area contributed by atoms with E-state index in [4.69, 9.17) is 17.2 Å². The lowest BCUT2D eigenvalue weighted by molar-refractivity contribution is 0.368. The second kappa shape index (κ2) is 4.44. The predicted octanol–water partition coefficient (Wildman–Crippen LogP) is -0.0818. The number of hydrogen-bond donors (Lipinski definition) is 3. The molecule has 0 aromatic carbocycles. The molecule has 0 bridgehead atoms. The van der Waals surface area contributed by atoms with E-state index in [9.17, 15) is 17.3 Å². The van der Waals surface area contributed by atoms with E-state index < -0.39 is 7.25 Å². The lowest BCUT2D eigenvalue weighted by Gasteiger charge is -1.94. The monoisotopic (exact) mass is 213 g/mol. The highest BCUT2D eigenvalue weighted by Crippen LogP contribution is 2.06. The van der Waals surface area contributed by atoms with E-state index in [0.29, 0.717) is 0 Å². The van der Waals surface area contributed by atoms with Crippen molar-refractivity contribution in [1.82, 2.24) is 15.0 Å². The maximum atomic E-state index is 9.75. The van der Waals surface area contributed by atoms with Gasteiger partial charge in [-0.1, -0.05) is 0 Å². The van der Waals surface area contributed by atoms with Crippen LogP contribution < -0.4 is 17.2 Å². The zero-order valence-electron chi connectivity index (χ0n) is 6.66. The first-order valence-electron chi connectivity index (χ1n) is 3.08. The molecule has 1 aromatic heterocycles. The van der Waals surface area contributed by atoms with Crippen molar-refractivity contribution in [3.05, 3.63) is 0 Å². The Morgan fingerprint density at radius 3 is 1.00 bits per heavy atom. The highest BCUT2D eigenvalue weighted by Gasteiger charge is 2.20. The van der Waals surface area contributed by atoms with E-state index in [2.05, 4.69) is 15.0 Å². The number of hydrogen-bond acceptors (Lipinski definition) is 6. The van der Waals surface area contributed by atoms with Gasteiger partial charge in [0.15, 0.2) is 0 Å². The van der Waals surface area contributed by atoms with Crippen molar-refractivity contribution in [2.45, 2.75) is 0 Å². The Morgan fingerprint density at radius 2 is 0.857 bits per heavy atom. The number of anilines is 3. The van der Waals surface area contributed by atoms with Crippen molar-refractivity contribution in [3.8, 4) is 0 Å². The molecule has 0 saturated heterocycles. The molecule has 1 heterocycles.